The highest BCUT2D eigenvalue weighted by molar-refractivity contribution is 5.63. The molecule has 0 aromatic carbocycles. The number of carbonyl (C=O) groups excluding carboxylic acids is 2. The molecule has 1 rings (SSSR count). The Balaban J connectivity index is 2.56. The standard InChI is InChI=1S/C19H35NO2/c20-18(16-21)15-19(17-22)13-11-9-7-5-3-1-2-4-6-8-10-12-14-19/h16-18H,1-15,20H2/t18-/m0/s1. The van der Waals surface area contributed by atoms with Crippen molar-refractivity contribution in [2.75, 3.05) is 0 Å². The van der Waals surface area contributed by atoms with Gasteiger partial charge in [-0.1, -0.05) is 77.0 Å². The molecule has 0 bridgehead atoms. The topological polar surface area (TPSA) is 60.2 Å². The number of hydrogen-bond donors (Lipinski definition) is 1. The maximum absolute atomic E-state index is 11.8. The normalized spacial score (nSPS) is 23.7. The van der Waals surface area contributed by atoms with E-state index in [1.165, 1.54) is 64.2 Å². The molecule has 2 N–H and O–H groups in total. The minimum Gasteiger partial charge on any atom is -0.322 e. The van der Waals surface area contributed by atoms with Crippen LogP contribution < -0.4 is 5.73 Å². The predicted octanol–water partition coefficient (Wildman–Crippen LogP) is 4.56. The van der Waals surface area contributed by atoms with Crippen molar-refractivity contribution in [3.8, 4) is 0 Å². The highest BCUT2D eigenvalue weighted by Gasteiger charge is 2.30. The Hall–Kier alpha value is -0.700. The van der Waals surface area contributed by atoms with Gasteiger partial charge in [-0.25, -0.2) is 0 Å². The van der Waals surface area contributed by atoms with Crippen molar-refractivity contribution in [3.63, 3.8) is 0 Å². The van der Waals surface area contributed by atoms with Crippen molar-refractivity contribution in [3.05, 3.63) is 0 Å². The summed E-state index contributed by atoms with van der Waals surface area (Å²) in [5, 5.41) is 0. The number of rotatable bonds is 4. The molecule has 1 aliphatic carbocycles. The van der Waals surface area contributed by atoms with Crippen LogP contribution in [-0.4, -0.2) is 18.6 Å². The first-order chi connectivity index (χ1) is 10.7. The summed E-state index contributed by atoms with van der Waals surface area (Å²) in [5.41, 5.74) is 5.46. The summed E-state index contributed by atoms with van der Waals surface area (Å²) >= 11 is 0. The van der Waals surface area contributed by atoms with E-state index in [0.29, 0.717) is 6.42 Å². The molecular formula is C19H35NO2. The van der Waals surface area contributed by atoms with Crippen LogP contribution in [0.3, 0.4) is 0 Å². The van der Waals surface area contributed by atoms with Crippen molar-refractivity contribution < 1.29 is 9.59 Å². The minimum atomic E-state index is -0.493. The van der Waals surface area contributed by atoms with Gasteiger partial charge >= 0.3 is 0 Å². The van der Waals surface area contributed by atoms with Crippen molar-refractivity contribution in [1.29, 1.82) is 0 Å². The van der Waals surface area contributed by atoms with Crippen LogP contribution in [0.2, 0.25) is 0 Å². The van der Waals surface area contributed by atoms with Crippen LogP contribution in [-0.2, 0) is 9.59 Å². The summed E-state index contributed by atoms with van der Waals surface area (Å²) in [4.78, 5) is 22.7. The zero-order valence-electron chi connectivity index (χ0n) is 14.2. The molecule has 1 aliphatic rings. The third kappa shape index (κ3) is 8.07. The Kier molecular flexibility index (Phi) is 10.4. The van der Waals surface area contributed by atoms with Crippen molar-refractivity contribution in [2.24, 2.45) is 11.1 Å². The van der Waals surface area contributed by atoms with Gasteiger partial charge < -0.3 is 15.3 Å². The molecule has 0 aliphatic heterocycles. The Morgan fingerprint density at radius 3 is 1.41 bits per heavy atom. The molecule has 22 heavy (non-hydrogen) atoms. The number of hydrogen-bond acceptors (Lipinski definition) is 3. The molecule has 1 saturated carbocycles. The van der Waals surface area contributed by atoms with Crippen LogP contribution in [0.15, 0.2) is 0 Å². The Morgan fingerprint density at radius 1 is 0.727 bits per heavy atom. The summed E-state index contributed by atoms with van der Waals surface area (Å²) < 4.78 is 0. The molecule has 0 radical (unpaired) electrons. The highest BCUT2D eigenvalue weighted by Crippen LogP contribution is 2.34. The number of carbonyl (C=O) groups is 2. The van der Waals surface area contributed by atoms with Crippen molar-refractivity contribution in [1.82, 2.24) is 0 Å². The molecule has 3 heteroatoms. The van der Waals surface area contributed by atoms with Crippen LogP contribution >= 0.6 is 0 Å². The third-order valence-electron chi connectivity index (χ3n) is 5.17. The van der Waals surface area contributed by atoms with Gasteiger partial charge in [-0.05, 0) is 19.3 Å². The molecule has 1 fully saturated rings. The van der Waals surface area contributed by atoms with E-state index in [0.717, 1.165) is 38.3 Å². The van der Waals surface area contributed by atoms with Crippen molar-refractivity contribution in [2.45, 2.75) is 102 Å². The van der Waals surface area contributed by atoms with Crippen LogP contribution in [0.25, 0.3) is 0 Å². The summed E-state index contributed by atoms with van der Waals surface area (Å²) in [6, 6.07) is -0.493. The monoisotopic (exact) mass is 309 g/mol. The fourth-order valence-electron chi connectivity index (χ4n) is 3.73. The van der Waals surface area contributed by atoms with E-state index in [2.05, 4.69) is 0 Å². The second kappa shape index (κ2) is 11.8. The number of aldehydes is 2. The van der Waals surface area contributed by atoms with E-state index in [-0.39, 0.29) is 5.41 Å². The van der Waals surface area contributed by atoms with Gasteiger partial charge in [-0.2, -0.15) is 0 Å². The Labute approximate surface area is 136 Å². The molecule has 128 valence electrons. The first-order valence-corrected chi connectivity index (χ1v) is 9.40. The van der Waals surface area contributed by atoms with E-state index < -0.39 is 6.04 Å². The highest BCUT2D eigenvalue weighted by atomic mass is 16.1. The van der Waals surface area contributed by atoms with Gasteiger partial charge in [0.1, 0.15) is 12.6 Å². The lowest BCUT2D eigenvalue weighted by molar-refractivity contribution is -0.118. The second-order valence-corrected chi connectivity index (χ2v) is 7.23. The van der Waals surface area contributed by atoms with Gasteiger partial charge in [0.05, 0.1) is 6.04 Å². The maximum atomic E-state index is 11.8. The van der Waals surface area contributed by atoms with Gasteiger partial charge in [0.15, 0.2) is 0 Å². The molecule has 3 nitrogen and oxygen atoms in total. The SMILES string of the molecule is N[C@H](C=O)CC1(C=O)CCCCCCCCCCCCCC1. The molecule has 0 aromatic heterocycles. The van der Waals surface area contributed by atoms with Gasteiger partial charge in [-0.15, -0.1) is 0 Å². The lowest BCUT2D eigenvalue weighted by Crippen LogP contribution is -2.34. The fourth-order valence-corrected chi connectivity index (χ4v) is 3.73. The summed E-state index contributed by atoms with van der Waals surface area (Å²) in [5.74, 6) is 0. The molecule has 0 amide bonds. The van der Waals surface area contributed by atoms with Gasteiger partial charge in [0.25, 0.3) is 0 Å². The van der Waals surface area contributed by atoms with E-state index >= 15 is 0 Å². The zero-order chi connectivity index (χ0) is 16.1. The minimum absolute atomic E-state index is 0.361. The largest absolute Gasteiger partial charge is 0.322 e. The number of nitrogens with two attached hydrogens (primary N) is 1. The van der Waals surface area contributed by atoms with Gasteiger partial charge in [-0.3, -0.25) is 0 Å². The van der Waals surface area contributed by atoms with E-state index in [9.17, 15) is 9.59 Å². The lowest BCUT2D eigenvalue weighted by Gasteiger charge is -2.29. The first-order valence-electron chi connectivity index (χ1n) is 9.40. The Bertz CT molecular complexity index is 288. The van der Waals surface area contributed by atoms with Gasteiger partial charge in [0.2, 0.25) is 0 Å². The maximum Gasteiger partial charge on any atom is 0.136 e. The second-order valence-electron chi connectivity index (χ2n) is 7.23. The van der Waals surface area contributed by atoms with Crippen LogP contribution in [0.1, 0.15) is 96.3 Å². The predicted molar refractivity (Wildman–Crippen MR) is 91.8 cm³/mol. The summed E-state index contributed by atoms with van der Waals surface area (Å²) in [6.07, 6.45) is 19.5. The average molecular weight is 309 g/mol. The van der Waals surface area contributed by atoms with E-state index in [1.807, 2.05) is 0 Å². The molecule has 0 aromatic rings. The van der Waals surface area contributed by atoms with E-state index in [1.54, 1.807) is 0 Å². The van der Waals surface area contributed by atoms with Crippen molar-refractivity contribution >= 4 is 12.6 Å². The molecule has 0 saturated heterocycles. The van der Waals surface area contributed by atoms with Crippen LogP contribution in [0.4, 0.5) is 0 Å². The molecule has 0 unspecified atom stereocenters. The summed E-state index contributed by atoms with van der Waals surface area (Å²) in [6.45, 7) is 0. The van der Waals surface area contributed by atoms with Crippen LogP contribution in [0, 0.1) is 5.41 Å². The van der Waals surface area contributed by atoms with Crippen LogP contribution in [0.5, 0.6) is 0 Å². The third-order valence-corrected chi connectivity index (χ3v) is 5.17. The molecular weight excluding hydrogens is 274 g/mol. The zero-order valence-corrected chi connectivity index (χ0v) is 14.2. The quantitative estimate of drug-likeness (QED) is 0.774. The fraction of sp³-hybridized carbons (Fsp3) is 0.895. The smallest absolute Gasteiger partial charge is 0.136 e. The van der Waals surface area contributed by atoms with Gasteiger partial charge in [0, 0.05) is 5.41 Å². The summed E-state index contributed by atoms with van der Waals surface area (Å²) in [7, 11) is 0. The molecule has 1 atom stereocenters. The molecule has 0 heterocycles. The molecule has 0 spiro atoms. The van der Waals surface area contributed by atoms with E-state index in [4.69, 9.17) is 5.73 Å². The Morgan fingerprint density at radius 2 is 1.09 bits per heavy atom. The lowest BCUT2D eigenvalue weighted by atomic mass is 9.74. The first kappa shape index (κ1) is 19.3. The average Bonchev–Trinajstić information content (AvgIpc) is 2.54.